The highest BCUT2D eigenvalue weighted by molar-refractivity contribution is 5.89. The SMILES string of the molecule is COc1cccc(CN(C(=O)Cn2nnc3ccccc32)[C@@H](C(=O)NCc2ccccc2)c2ccccc2C)c1. The van der Waals surface area contributed by atoms with Crippen LogP contribution in [0.1, 0.15) is 28.3 Å². The fourth-order valence-corrected chi connectivity index (χ4v) is 4.77. The van der Waals surface area contributed by atoms with Crippen LogP contribution in [0.5, 0.6) is 5.75 Å². The van der Waals surface area contributed by atoms with Crippen LogP contribution < -0.4 is 10.1 Å². The fourth-order valence-electron chi connectivity index (χ4n) is 4.77. The van der Waals surface area contributed by atoms with Crippen LogP contribution in [0.25, 0.3) is 11.0 Å². The summed E-state index contributed by atoms with van der Waals surface area (Å²) in [7, 11) is 1.60. The lowest BCUT2D eigenvalue weighted by molar-refractivity contribution is -0.142. The largest absolute Gasteiger partial charge is 0.497 e. The number of carbonyl (C=O) groups excluding carboxylic acids is 2. The summed E-state index contributed by atoms with van der Waals surface area (Å²) in [6.45, 7) is 2.42. The summed E-state index contributed by atoms with van der Waals surface area (Å²) in [4.78, 5) is 29.7. The minimum absolute atomic E-state index is 0.0706. The zero-order valence-electron chi connectivity index (χ0n) is 22.5. The molecule has 0 aliphatic carbocycles. The maximum atomic E-state index is 14.1. The van der Waals surface area contributed by atoms with Crippen molar-refractivity contribution in [2.75, 3.05) is 7.11 Å². The summed E-state index contributed by atoms with van der Waals surface area (Å²) in [5.41, 5.74) is 4.93. The molecular formula is C32H31N5O3. The Morgan fingerprint density at radius 2 is 1.62 bits per heavy atom. The number of fused-ring (bicyclic) bond motifs is 1. The topological polar surface area (TPSA) is 89.3 Å². The highest BCUT2D eigenvalue weighted by atomic mass is 16.5. The number of aromatic nitrogens is 3. The highest BCUT2D eigenvalue weighted by Gasteiger charge is 2.33. The first kappa shape index (κ1) is 26.6. The van der Waals surface area contributed by atoms with Crippen LogP contribution in [0.4, 0.5) is 0 Å². The molecule has 1 heterocycles. The zero-order valence-corrected chi connectivity index (χ0v) is 22.5. The Hall–Kier alpha value is -4.98. The summed E-state index contributed by atoms with van der Waals surface area (Å²) in [6, 6.07) is 31.5. The molecule has 8 heteroatoms. The maximum Gasteiger partial charge on any atom is 0.247 e. The van der Waals surface area contributed by atoms with Crippen LogP contribution >= 0.6 is 0 Å². The van der Waals surface area contributed by atoms with Gasteiger partial charge in [0.1, 0.15) is 23.9 Å². The van der Waals surface area contributed by atoms with Crippen LogP contribution in [0.15, 0.2) is 103 Å². The zero-order chi connectivity index (χ0) is 27.9. The van der Waals surface area contributed by atoms with E-state index in [9.17, 15) is 9.59 Å². The van der Waals surface area contributed by atoms with E-state index in [4.69, 9.17) is 4.74 Å². The van der Waals surface area contributed by atoms with Gasteiger partial charge in [-0.2, -0.15) is 0 Å². The number of aryl methyl sites for hydroxylation is 1. The van der Waals surface area contributed by atoms with E-state index in [0.29, 0.717) is 17.8 Å². The van der Waals surface area contributed by atoms with E-state index in [0.717, 1.165) is 27.8 Å². The first-order chi connectivity index (χ1) is 19.5. The molecule has 1 atom stereocenters. The number of nitrogens with one attached hydrogen (secondary N) is 1. The van der Waals surface area contributed by atoms with E-state index < -0.39 is 6.04 Å². The Morgan fingerprint density at radius 1 is 0.900 bits per heavy atom. The van der Waals surface area contributed by atoms with Crippen LogP contribution in [-0.4, -0.2) is 38.8 Å². The Kier molecular flexibility index (Phi) is 8.15. The maximum absolute atomic E-state index is 14.1. The highest BCUT2D eigenvalue weighted by Crippen LogP contribution is 2.28. The number of ether oxygens (including phenoxy) is 1. The average molecular weight is 534 g/mol. The van der Waals surface area contributed by atoms with Gasteiger partial charge < -0.3 is 15.0 Å². The molecular weight excluding hydrogens is 502 g/mol. The molecule has 0 spiro atoms. The number of carbonyl (C=O) groups is 2. The number of nitrogens with zero attached hydrogens (tertiary/aromatic N) is 4. The van der Waals surface area contributed by atoms with Crippen molar-refractivity contribution < 1.29 is 14.3 Å². The van der Waals surface area contributed by atoms with Gasteiger partial charge in [-0.15, -0.1) is 5.10 Å². The lowest BCUT2D eigenvalue weighted by Gasteiger charge is -2.32. The van der Waals surface area contributed by atoms with Crippen LogP contribution in [-0.2, 0) is 29.2 Å². The summed E-state index contributed by atoms with van der Waals surface area (Å²) < 4.78 is 7.00. The van der Waals surface area contributed by atoms with Crippen LogP contribution in [0.2, 0.25) is 0 Å². The molecule has 0 bridgehead atoms. The molecule has 0 unspecified atom stereocenters. The second-order valence-corrected chi connectivity index (χ2v) is 9.57. The molecule has 0 radical (unpaired) electrons. The van der Waals surface area contributed by atoms with Crippen LogP contribution in [0.3, 0.4) is 0 Å². The van der Waals surface area contributed by atoms with Crippen molar-refractivity contribution in [3.63, 3.8) is 0 Å². The molecule has 1 N–H and O–H groups in total. The van der Waals surface area contributed by atoms with E-state index >= 15 is 0 Å². The molecule has 0 aliphatic rings. The number of benzene rings is 4. The molecule has 2 amide bonds. The second-order valence-electron chi connectivity index (χ2n) is 9.57. The molecule has 5 rings (SSSR count). The second kappa shape index (κ2) is 12.3. The molecule has 40 heavy (non-hydrogen) atoms. The lowest BCUT2D eigenvalue weighted by Crippen LogP contribution is -2.44. The van der Waals surface area contributed by atoms with Crippen LogP contribution in [0, 0.1) is 6.92 Å². The number of rotatable bonds is 10. The predicted octanol–water partition coefficient (Wildman–Crippen LogP) is 4.83. The van der Waals surface area contributed by atoms with E-state index in [-0.39, 0.29) is 24.9 Å². The summed E-state index contributed by atoms with van der Waals surface area (Å²) in [6.07, 6.45) is 0. The molecule has 0 aliphatic heterocycles. The minimum Gasteiger partial charge on any atom is -0.497 e. The molecule has 8 nitrogen and oxygen atoms in total. The van der Waals surface area contributed by atoms with Gasteiger partial charge in [0.05, 0.1) is 12.6 Å². The summed E-state index contributed by atoms with van der Waals surface area (Å²) >= 11 is 0. The van der Waals surface area contributed by atoms with Gasteiger partial charge >= 0.3 is 0 Å². The Bertz CT molecular complexity index is 1620. The third kappa shape index (κ3) is 6.02. The third-order valence-corrected chi connectivity index (χ3v) is 6.87. The number of methoxy groups -OCH3 is 1. The molecule has 0 fully saturated rings. The van der Waals surface area contributed by atoms with Gasteiger partial charge in [0.2, 0.25) is 11.8 Å². The predicted molar refractivity (Wildman–Crippen MR) is 153 cm³/mol. The molecule has 5 aromatic rings. The van der Waals surface area contributed by atoms with Crippen molar-refractivity contribution in [2.24, 2.45) is 0 Å². The van der Waals surface area contributed by atoms with Gasteiger partial charge in [0.15, 0.2) is 0 Å². The molecule has 1 aromatic heterocycles. The van der Waals surface area contributed by atoms with Crippen molar-refractivity contribution in [3.8, 4) is 5.75 Å². The number of amides is 2. The Balaban J connectivity index is 1.53. The molecule has 0 saturated carbocycles. The summed E-state index contributed by atoms with van der Waals surface area (Å²) in [5, 5.41) is 11.5. The van der Waals surface area contributed by atoms with E-state index in [1.165, 1.54) is 0 Å². The van der Waals surface area contributed by atoms with E-state index in [1.807, 2.05) is 110 Å². The Morgan fingerprint density at radius 3 is 2.42 bits per heavy atom. The van der Waals surface area contributed by atoms with Gasteiger partial charge in [-0.25, -0.2) is 4.68 Å². The molecule has 202 valence electrons. The smallest absolute Gasteiger partial charge is 0.247 e. The van der Waals surface area contributed by atoms with Crippen molar-refractivity contribution in [1.29, 1.82) is 0 Å². The van der Waals surface area contributed by atoms with Crippen molar-refractivity contribution in [1.82, 2.24) is 25.2 Å². The standard InChI is InChI=1S/C32H31N5O3/c1-23-11-6-7-16-27(23)31(32(39)33-20-24-12-4-3-5-13-24)36(21-25-14-10-15-26(19-25)40-2)30(38)22-37-29-18-9-8-17-28(29)34-35-37/h3-19,31H,20-22H2,1-2H3,(H,33,39)/t31-/m1/s1. The molecule has 4 aromatic carbocycles. The van der Waals surface area contributed by atoms with Gasteiger partial charge in [0, 0.05) is 13.1 Å². The third-order valence-electron chi connectivity index (χ3n) is 6.87. The number of hydrogen-bond acceptors (Lipinski definition) is 5. The van der Waals surface area contributed by atoms with Crippen molar-refractivity contribution >= 4 is 22.8 Å². The normalized spacial score (nSPS) is 11.7. The van der Waals surface area contributed by atoms with E-state index in [2.05, 4.69) is 15.6 Å². The first-order valence-electron chi connectivity index (χ1n) is 13.1. The van der Waals surface area contributed by atoms with Crippen molar-refractivity contribution in [3.05, 3.63) is 125 Å². The van der Waals surface area contributed by atoms with Gasteiger partial charge in [0.25, 0.3) is 0 Å². The van der Waals surface area contributed by atoms with E-state index in [1.54, 1.807) is 16.7 Å². The molecule has 0 saturated heterocycles. The number of hydrogen-bond donors (Lipinski definition) is 1. The lowest BCUT2D eigenvalue weighted by atomic mass is 9.98. The van der Waals surface area contributed by atoms with Crippen molar-refractivity contribution in [2.45, 2.75) is 32.6 Å². The minimum atomic E-state index is -0.876. The van der Waals surface area contributed by atoms with Gasteiger partial charge in [-0.1, -0.05) is 84.1 Å². The number of para-hydroxylation sites is 1. The first-order valence-corrected chi connectivity index (χ1v) is 13.1. The summed E-state index contributed by atoms with van der Waals surface area (Å²) in [5.74, 6) is 0.146. The quantitative estimate of drug-likeness (QED) is 0.278. The fraction of sp³-hybridized carbons (Fsp3) is 0.188. The average Bonchev–Trinajstić information content (AvgIpc) is 3.39. The Labute approximate surface area is 233 Å². The monoisotopic (exact) mass is 533 g/mol. The van der Waals surface area contributed by atoms with Gasteiger partial charge in [-0.3, -0.25) is 9.59 Å². The van der Waals surface area contributed by atoms with Gasteiger partial charge in [-0.05, 0) is 53.4 Å².